The highest BCUT2D eigenvalue weighted by molar-refractivity contribution is 5.71. The van der Waals surface area contributed by atoms with Crippen molar-refractivity contribution in [1.29, 1.82) is 0 Å². The van der Waals surface area contributed by atoms with Crippen molar-refractivity contribution >= 4 is 17.9 Å². The van der Waals surface area contributed by atoms with Crippen LogP contribution in [0.15, 0.2) is 36.5 Å². The van der Waals surface area contributed by atoms with Crippen LogP contribution in [0.2, 0.25) is 0 Å². The molecule has 0 aromatic carbocycles. The van der Waals surface area contributed by atoms with Gasteiger partial charge in [-0.05, 0) is 77.0 Å². The summed E-state index contributed by atoms with van der Waals surface area (Å²) in [5, 5.41) is 0. The molecule has 0 aliphatic carbocycles. The Morgan fingerprint density at radius 1 is 0.290 bits per heavy atom. The Kier molecular flexibility index (Phi) is 56.2. The second kappa shape index (κ2) is 58.2. The molecule has 0 heterocycles. The van der Waals surface area contributed by atoms with Crippen LogP contribution >= 0.6 is 0 Å². The van der Waals surface area contributed by atoms with Crippen molar-refractivity contribution in [2.45, 2.75) is 335 Å². The zero-order chi connectivity index (χ0) is 50.0. The summed E-state index contributed by atoms with van der Waals surface area (Å²) in [7, 11) is 0. The molecule has 0 saturated carbocycles. The molecule has 0 aromatic rings. The van der Waals surface area contributed by atoms with E-state index in [1.165, 1.54) is 218 Å². The van der Waals surface area contributed by atoms with Crippen LogP contribution in [0, 0.1) is 0 Å². The van der Waals surface area contributed by atoms with Crippen LogP contribution in [0.5, 0.6) is 0 Å². The molecule has 1 unspecified atom stereocenters. The Bertz CT molecular complexity index is 1160. The third-order valence-electron chi connectivity index (χ3n) is 13.6. The predicted octanol–water partition coefficient (Wildman–Crippen LogP) is 20.4. The van der Waals surface area contributed by atoms with Gasteiger partial charge in [0, 0.05) is 19.3 Å². The van der Waals surface area contributed by atoms with Crippen molar-refractivity contribution in [3.8, 4) is 0 Å². The highest BCUT2D eigenvalue weighted by Crippen LogP contribution is 2.17. The molecule has 0 aromatic heterocycles. The summed E-state index contributed by atoms with van der Waals surface area (Å²) in [5.74, 6) is -0.865. The molecule has 0 fully saturated rings. The first-order chi connectivity index (χ1) is 34.0. The Hall–Kier alpha value is -2.37. The molecule has 0 radical (unpaired) electrons. The summed E-state index contributed by atoms with van der Waals surface area (Å²) in [4.78, 5) is 38.2. The molecule has 404 valence electrons. The van der Waals surface area contributed by atoms with Crippen molar-refractivity contribution < 1.29 is 28.6 Å². The average Bonchev–Trinajstić information content (AvgIpc) is 3.35. The lowest BCUT2D eigenvalue weighted by Gasteiger charge is -2.18. The van der Waals surface area contributed by atoms with E-state index in [-0.39, 0.29) is 31.1 Å². The first-order valence-corrected chi connectivity index (χ1v) is 30.5. The molecule has 1 atom stereocenters. The number of unbranched alkanes of at least 4 members (excludes halogenated alkanes) is 39. The molecular formula is C63H116O6. The van der Waals surface area contributed by atoms with Crippen LogP contribution < -0.4 is 0 Å². The van der Waals surface area contributed by atoms with Crippen molar-refractivity contribution in [1.82, 2.24) is 0 Å². The second-order valence-corrected chi connectivity index (χ2v) is 20.6. The minimum atomic E-state index is -0.776. The van der Waals surface area contributed by atoms with Crippen LogP contribution in [0.3, 0.4) is 0 Å². The van der Waals surface area contributed by atoms with Crippen LogP contribution in [-0.4, -0.2) is 37.2 Å². The Labute approximate surface area is 429 Å². The van der Waals surface area contributed by atoms with E-state index in [1.807, 2.05) is 0 Å². The summed E-state index contributed by atoms with van der Waals surface area (Å²) in [6, 6.07) is 0. The minimum absolute atomic E-state index is 0.0728. The first-order valence-electron chi connectivity index (χ1n) is 30.5. The lowest BCUT2D eigenvalue weighted by Crippen LogP contribution is -2.30. The van der Waals surface area contributed by atoms with E-state index >= 15 is 0 Å². The summed E-state index contributed by atoms with van der Waals surface area (Å²) < 4.78 is 16.9. The van der Waals surface area contributed by atoms with Gasteiger partial charge in [0.25, 0.3) is 0 Å². The van der Waals surface area contributed by atoms with E-state index in [0.717, 1.165) is 70.6 Å². The fourth-order valence-electron chi connectivity index (χ4n) is 9.00. The van der Waals surface area contributed by atoms with E-state index in [9.17, 15) is 14.4 Å². The largest absolute Gasteiger partial charge is 0.462 e. The summed E-state index contributed by atoms with van der Waals surface area (Å²) in [5.41, 5.74) is 0. The molecule has 6 nitrogen and oxygen atoms in total. The quantitative estimate of drug-likeness (QED) is 0.0261. The fourth-order valence-corrected chi connectivity index (χ4v) is 9.00. The van der Waals surface area contributed by atoms with Gasteiger partial charge in [-0.3, -0.25) is 14.4 Å². The summed E-state index contributed by atoms with van der Waals surface area (Å²) in [6.07, 6.45) is 69.9. The van der Waals surface area contributed by atoms with Gasteiger partial charge in [0.05, 0.1) is 0 Å². The number of hydrogen-bond acceptors (Lipinski definition) is 6. The van der Waals surface area contributed by atoms with Crippen molar-refractivity contribution in [3.05, 3.63) is 36.5 Å². The summed E-state index contributed by atoms with van der Waals surface area (Å²) in [6.45, 7) is 6.65. The minimum Gasteiger partial charge on any atom is -0.462 e. The third-order valence-corrected chi connectivity index (χ3v) is 13.6. The molecule has 0 spiro atoms. The zero-order valence-electron chi connectivity index (χ0n) is 46.3. The number of hydrogen-bond donors (Lipinski definition) is 0. The maximum Gasteiger partial charge on any atom is 0.306 e. The monoisotopic (exact) mass is 969 g/mol. The maximum absolute atomic E-state index is 12.9. The highest BCUT2D eigenvalue weighted by Gasteiger charge is 2.19. The number of rotatable bonds is 56. The van der Waals surface area contributed by atoms with E-state index < -0.39 is 6.10 Å². The molecule has 0 rings (SSSR count). The van der Waals surface area contributed by atoms with Gasteiger partial charge in [-0.2, -0.15) is 0 Å². The maximum atomic E-state index is 12.9. The van der Waals surface area contributed by atoms with Crippen LogP contribution in [0.4, 0.5) is 0 Å². The van der Waals surface area contributed by atoms with Crippen LogP contribution in [0.25, 0.3) is 0 Å². The lowest BCUT2D eigenvalue weighted by atomic mass is 10.0. The van der Waals surface area contributed by atoms with E-state index in [0.29, 0.717) is 19.3 Å². The van der Waals surface area contributed by atoms with Gasteiger partial charge in [-0.25, -0.2) is 0 Å². The molecule has 0 amide bonds. The molecule has 0 bridgehead atoms. The topological polar surface area (TPSA) is 78.9 Å². The van der Waals surface area contributed by atoms with Gasteiger partial charge in [0.15, 0.2) is 6.10 Å². The zero-order valence-corrected chi connectivity index (χ0v) is 46.3. The standard InChI is InChI=1S/C63H116O6/c1-4-7-10-13-16-19-22-25-28-30-31-33-35-38-41-44-47-50-53-56-62(65)68-59-60(58-67-61(64)55-52-49-46-43-40-37-34-27-24-21-18-15-12-9-6-3)69-63(66)57-54-51-48-45-42-39-36-32-29-26-23-20-17-14-11-8-5-2/h17,20,26,29-31,60H,4-16,18-19,21-25,27-28,32-59H2,1-3H3/b20-17-,29-26-,31-30-. The number of carbonyl (C=O) groups excluding carboxylic acids is 3. The molecule has 0 aliphatic heterocycles. The molecule has 0 saturated heterocycles. The van der Waals surface area contributed by atoms with Crippen LogP contribution in [-0.2, 0) is 28.6 Å². The number of ether oxygens (including phenoxy) is 3. The smallest absolute Gasteiger partial charge is 0.306 e. The van der Waals surface area contributed by atoms with Gasteiger partial charge in [-0.1, -0.05) is 269 Å². The Morgan fingerprint density at radius 3 is 0.841 bits per heavy atom. The van der Waals surface area contributed by atoms with Gasteiger partial charge in [0.2, 0.25) is 0 Å². The number of esters is 3. The fraction of sp³-hybridized carbons (Fsp3) is 0.857. The van der Waals surface area contributed by atoms with E-state index in [2.05, 4.69) is 57.2 Å². The van der Waals surface area contributed by atoms with E-state index in [1.54, 1.807) is 0 Å². The molecule has 69 heavy (non-hydrogen) atoms. The lowest BCUT2D eigenvalue weighted by molar-refractivity contribution is -0.167. The van der Waals surface area contributed by atoms with Crippen molar-refractivity contribution in [2.24, 2.45) is 0 Å². The predicted molar refractivity (Wildman–Crippen MR) is 298 cm³/mol. The first kappa shape index (κ1) is 66.6. The van der Waals surface area contributed by atoms with Crippen molar-refractivity contribution in [3.63, 3.8) is 0 Å². The molecule has 0 aliphatic rings. The SMILES string of the molecule is CCCCC/C=C\C/C=C\CCCCCCCCCC(=O)OC(COC(=O)CCCCCCCCC/C=C\CCCCCCCCCC)COC(=O)CCCCCCCCCCCCCCCCC. The van der Waals surface area contributed by atoms with Crippen molar-refractivity contribution in [2.75, 3.05) is 13.2 Å². The Balaban J connectivity index is 4.35. The van der Waals surface area contributed by atoms with Gasteiger partial charge in [-0.15, -0.1) is 0 Å². The van der Waals surface area contributed by atoms with Gasteiger partial charge in [0.1, 0.15) is 13.2 Å². The second-order valence-electron chi connectivity index (χ2n) is 20.6. The van der Waals surface area contributed by atoms with Crippen LogP contribution in [0.1, 0.15) is 329 Å². The van der Waals surface area contributed by atoms with E-state index in [4.69, 9.17) is 14.2 Å². The molecular weight excluding hydrogens is 853 g/mol. The molecule has 0 N–H and O–H groups in total. The Morgan fingerprint density at radius 2 is 0.522 bits per heavy atom. The average molecular weight is 970 g/mol. The molecule has 6 heteroatoms. The number of carbonyl (C=O) groups is 3. The van der Waals surface area contributed by atoms with Gasteiger partial charge >= 0.3 is 17.9 Å². The van der Waals surface area contributed by atoms with Gasteiger partial charge < -0.3 is 14.2 Å². The highest BCUT2D eigenvalue weighted by atomic mass is 16.6. The normalized spacial score (nSPS) is 12.2. The third kappa shape index (κ3) is 56.4. The number of allylic oxidation sites excluding steroid dienone is 6. The summed E-state index contributed by atoms with van der Waals surface area (Å²) >= 11 is 0.